The van der Waals surface area contributed by atoms with Crippen molar-refractivity contribution in [3.63, 3.8) is 0 Å². The lowest BCUT2D eigenvalue weighted by atomic mass is 10.3. The van der Waals surface area contributed by atoms with Gasteiger partial charge in [0.05, 0.1) is 25.2 Å². The highest BCUT2D eigenvalue weighted by molar-refractivity contribution is 9.10. The Labute approximate surface area is 192 Å². The Hall–Kier alpha value is -1.24. The van der Waals surface area contributed by atoms with Gasteiger partial charge in [-0.05, 0) is 46.3 Å². The smallest absolute Gasteiger partial charge is 0.391 e. The fourth-order valence-corrected chi connectivity index (χ4v) is 7.17. The minimum absolute atomic E-state index is 0.149. The summed E-state index contributed by atoms with van der Waals surface area (Å²) in [6, 6.07) is 7.79. The third-order valence-corrected chi connectivity index (χ3v) is 9.38. The van der Waals surface area contributed by atoms with Crippen molar-refractivity contribution in [1.82, 2.24) is 4.72 Å². The summed E-state index contributed by atoms with van der Waals surface area (Å²) in [6.07, 6.45) is -0.963. The van der Waals surface area contributed by atoms with Crippen molar-refractivity contribution in [2.45, 2.75) is 4.21 Å². The summed E-state index contributed by atoms with van der Waals surface area (Å²) in [5.41, 5.74) is -0.382. The fourth-order valence-electron chi connectivity index (χ4n) is 2.29. The number of nitrogens with one attached hydrogen (secondary N) is 1. The molecule has 2 N–H and O–H groups in total. The molecule has 0 fully saturated rings. The van der Waals surface area contributed by atoms with Crippen molar-refractivity contribution >= 4 is 83.9 Å². The highest BCUT2D eigenvalue weighted by atomic mass is 79.9. The molecule has 0 amide bonds. The average molecular weight is 576 g/mol. The Morgan fingerprint density at radius 1 is 1.23 bits per heavy atom. The number of hydrogen-bond acceptors (Lipinski definition) is 7. The molecule has 1 heterocycles. The number of thiophene rings is 1. The van der Waals surface area contributed by atoms with Crippen LogP contribution in [-0.4, -0.2) is 24.5 Å². The molecular weight excluding hydrogens is 566 g/mol. The van der Waals surface area contributed by atoms with E-state index in [1.807, 2.05) is 4.72 Å². The highest BCUT2D eigenvalue weighted by Gasteiger charge is 2.28. The Morgan fingerprint density at radius 3 is 2.53 bits per heavy atom. The van der Waals surface area contributed by atoms with Crippen LogP contribution in [0.4, 0.5) is 5.69 Å². The summed E-state index contributed by atoms with van der Waals surface area (Å²) in [5.74, 6) is -0.268. The van der Waals surface area contributed by atoms with Crippen molar-refractivity contribution in [3.8, 4) is 5.75 Å². The normalized spacial score (nSPS) is 13.9. The van der Waals surface area contributed by atoms with Gasteiger partial charge in [-0.3, -0.25) is 10.1 Å². The molecule has 3 rings (SSSR count). The summed E-state index contributed by atoms with van der Waals surface area (Å²) in [4.78, 5) is 20.2. The first kappa shape index (κ1) is 23.4. The molecule has 0 bridgehead atoms. The van der Waals surface area contributed by atoms with E-state index in [0.29, 0.717) is 20.1 Å². The van der Waals surface area contributed by atoms with Gasteiger partial charge in [-0.15, -0.1) is 11.3 Å². The van der Waals surface area contributed by atoms with E-state index in [1.54, 1.807) is 0 Å². The van der Waals surface area contributed by atoms with Gasteiger partial charge in [0, 0.05) is 10.4 Å². The van der Waals surface area contributed by atoms with Gasteiger partial charge in [0.25, 0.3) is 15.7 Å². The van der Waals surface area contributed by atoms with Gasteiger partial charge >= 0.3 is 7.60 Å². The largest absolute Gasteiger partial charge is 0.423 e. The van der Waals surface area contributed by atoms with E-state index in [0.717, 1.165) is 17.4 Å². The van der Waals surface area contributed by atoms with E-state index in [2.05, 4.69) is 15.9 Å². The van der Waals surface area contributed by atoms with Crippen molar-refractivity contribution in [3.05, 3.63) is 61.0 Å². The van der Waals surface area contributed by atoms with Crippen LogP contribution >= 0.6 is 58.1 Å². The Morgan fingerprint density at radius 2 is 1.90 bits per heavy atom. The third kappa shape index (κ3) is 5.14. The van der Waals surface area contributed by atoms with Crippen molar-refractivity contribution in [2.24, 2.45) is 0 Å². The van der Waals surface area contributed by atoms with Crippen LogP contribution in [0.15, 0.2) is 45.1 Å². The third-order valence-electron chi connectivity index (χ3n) is 3.64. The van der Waals surface area contributed by atoms with E-state index in [1.165, 1.54) is 30.3 Å². The zero-order valence-electron chi connectivity index (χ0n) is 14.4. The number of nitro groups is 1. The number of rotatable bonds is 7. The monoisotopic (exact) mass is 574 g/mol. The number of nitro benzene ring substituents is 1. The lowest BCUT2D eigenvalue weighted by Gasteiger charge is -2.14. The van der Waals surface area contributed by atoms with Crippen LogP contribution in [0.5, 0.6) is 5.75 Å². The van der Waals surface area contributed by atoms with E-state index >= 15 is 0 Å². The standard InChI is InChI=1S/C15H10BrCl2N2O7PS2/c16-10-2-1-8(5-13(10)20(21)22)27-28(23,24)7-19-30(25,26)14-6-9-11(17)3-4-12(18)15(9)29-14/h1-6,19H,7H2,(H,23,24). The minimum atomic E-state index is -4.53. The van der Waals surface area contributed by atoms with Crippen molar-refractivity contribution < 1.29 is 27.3 Å². The first-order chi connectivity index (χ1) is 13.9. The van der Waals surface area contributed by atoms with Crippen LogP contribution < -0.4 is 9.25 Å². The number of sulfonamides is 1. The van der Waals surface area contributed by atoms with Crippen LogP contribution in [0, 0.1) is 10.1 Å². The molecule has 0 radical (unpaired) electrons. The maximum Gasteiger partial charge on any atom is 0.391 e. The second-order valence-corrected chi connectivity index (χ2v) is 12.2. The summed E-state index contributed by atoms with van der Waals surface area (Å²) in [6.45, 7) is 0. The molecule has 1 unspecified atom stereocenters. The summed E-state index contributed by atoms with van der Waals surface area (Å²) >= 11 is 15.9. The van der Waals surface area contributed by atoms with Gasteiger partial charge in [-0.25, -0.2) is 13.0 Å². The lowest BCUT2D eigenvalue weighted by molar-refractivity contribution is -0.385. The Kier molecular flexibility index (Phi) is 6.80. The molecule has 0 saturated heterocycles. The molecule has 15 heteroatoms. The van der Waals surface area contributed by atoms with E-state index in [4.69, 9.17) is 27.7 Å². The first-order valence-corrected chi connectivity index (χ1v) is 13.3. The molecule has 160 valence electrons. The molecule has 2 aromatic carbocycles. The minimum Gasteiger partial charge on any atom is -0.423 e. The van der Waals surface area contributed by atoms with Crippen LogP contribution in [0.25, 0.3) is 10.1 Å². The quantitative estimate of drug-likeness (QED) is 0.219. The summed E-state index contributed by atoms with van der Waals surface area (Å²) < 4.78 is 44.7. The topological polar surface area (TPSA) is 136 Å². The van der Waals surface area contributed by atoms with Gasteiger partial charge < -0.3 is 9.42 Å². The molecule has 1 aromatic heterocycles. The van der Waals surface area contributed by atoms with Crippen molar-refractivity contribution in [1.29, 1.82) is 0 Å². The molecule has 0 spiro atoms. The zero-order chi connectivity index (χ0) is 22.3. The van der Waals surface area contributed by atoms with E-state index in [-0.39, 0.29) is 20.1 Å². The predicted octanol–water partition coefficient (Wildman–Crippen LogP) is 5.38. The summed E-state index contributed by atoms with van der Waals surface area (Å²) in [7, 11) is -8.71. The molecule has 3 aromatic rings. The van der Waals surface area contributed by atoms with E-state index < -0.39 is 28.8 Å². The second kappa shape index (κ2) is 8.71. The molecule has 0 aliphatic carbocycles. The van der Waals surface area contributed by atoms with Gasteiger partial charge in [-0.1, -0.05) is 23.2 Å². The van der Waals surface area contributed by atoms with Crippen LogP contribution in [-0.2, 0) is 14.6 Å². The molecule has 9 nitrogen and oxygen atoms in total. The van der Waals surface area contributed by atoms with Crippen LogP contribution in [0.2, 0.25) is 10.0 Å². The molecule has 0 aliphatic rings. The Balaban J connectivity index is 1.79. The molecule has 30 heavy (non-hydrogen) atoms. The van der Waals surface area contributed by atoms with Gasteiger partial charge in [-0.2, -0.15) is 4.72 Å². The average Bonchev–Trinajstić information content (AvgIpc) is 3.12. The van der Waals surface area contributed by atoms with Crippen LogP contribution in [0.1, 0.15) is 0 Å². The Bertz CT molecular complexity index is 1280. The van der Waals surface area contributed by atoms with Gasteiger partial charge in [0.15, 0.2) is 0 Å². The molecular formula is C15H10BrCl2N2O7PS2. The number of halogens is 3. The highest BCUT2D eigenvalue weighted by Crippen LogP contribution is 2.44. The van der Waals surface area contributed by atoms with E-state index in [9.17, 15) is 28.0 Å². The molecule has 1 atom stereocenters. The number of hydrogen-bond donors (Lipinski definition) is 2. The lowest BCUT2D eigenvalue weighted by Crippen LogP contribution is -2.25. The van der Waals surface area contributed by atoms with Crippen molar-refractivity contribution in [2.75, 3.05) is 6.29 Å². The summed E-state index contributed by atoms with van der Waals surface area (Å²) in [5, 5.41) is 12.0. The van der Waals surface area contributed by atoms with Gasteiger partial charge in [0.1, 0.15) is 16.2 Å². The maximum atomic E-state index is 12.5. The fraction of sp³-hybridized carbons (Fsp3) is 0.0667. The second-order valence-electron chi connectivity index (χ2n) is 5.74. The maximum absolute atomic E-state index is 12.5. The van der Waals surface area contributed by atoms with Gasteiger partial charge in [0.2, 0.25) is 0 Å². The molecule has 0 saturated carbocycles. The first-order valence-electron chi connectivity index (χ1n) is 7.72. The predicted molar refractivity (Wildman–Crippen MR) is 118 cm³/mol. The number of nitrogens with zero attached hydrogens (tertiary/aromatic N) is 1. The SMILES string of the molecule is O=[N+]([O-])c1cc(OP(=O)(O)CNS(=O)(=O)c2cc3c(Cl)ccc(Cl)c3s2)ccc1Br. The number of fused-ring (bicyclic) bond motifs is 1. The molecule has 0 aliphatic heterocycles. The van der Waals surface area contributed by atoms with Crippen LogP contribution in [0.3, 0.4) is 0 Å². The zero-order valence-corrected chi connectivity index (χ0v) is 20.0. The number of benzene rings is 2.